The summed E-state index contributed by atoms with van der Waals surface area (Å²) in [7, 11) is 0. The van der Waals surface area contributed by atoms with Gasteiger partial charge in [-0.25, -0.2) is 0 Å². The van der Waals surface area contributed by atoms with Gasteiger partial charge in [-0.2, -0.15) is 0 Å². The molecule has 0 amide bonds. The normalized spacial score (nSPS) is 32.5. The first-order chi connectivity index (χ1) is 14.6. The zero-order chi connectivity index (χ0) is 20.0. The number of hydrogen-bond acceptors (Lipinski definition) is 0. The van der Waals surface area contributed by atoms with Gasteiger partial charge < -0.3 is 0 Å². The molecule has 4 fully saturated rings. The molecule has 0 aromatic heterocycles. The Kier molecular flexibility index (Phi) is 3.66. The van der Waals surface area contributed by atoms with Crippen molar-refractivity contribution in [2.45, 2.75) is 37.5 Å². The van der Waals surface area contributed by atoms with Crippen molar-refractivity contribution in [3.8, 4) is 22.3 Å². The molecule has 4 bridgehead atoms. The average molecular weight is 431 g/mol. The molecule has 5 aliphatic rings. The summed E-state index contributed by atoms with van der Waals surface area (Å²) in [5, 5.41) is 1.67. The van der Waals surface area contributed by atoms with Crippen LogP contribution in [0.4, 0.5) is 0 Å². The lowest BCUT2D eigenvalue weighted by atomic mass is 9.43. The number of benzene rings is 3. The third-order valence-corrected chi connectivity index (χ3v) is 9.27. The van der Waals surface area contributed by atoms with Crippen LogP contribution in [0.1, 0.15) is 43.2 Å². The highest BCUT2D eigenvalue weighted by Crippen LogP contribution is 2.69. The Morgan fingerprint density at radius 1 is 0.567 bits per heavy atom. The molecule has 4 saturated carbocycles. The molecule has 0 heterocycles. The predicted octanol–water partition coefficient (Wildman–Crippen LogP) is 8.38. The van der Waals surface area contributed by atoms with Gasteiger partial charge in [0.1, 0.15) is 0 Å². The van der Waals surface area contributed by atoms with E-state index in [1.165, 1.54) is 59.9 Å². The van der Waals surface area contributed by atoms with Gasteiger partial charge in [-0.1, -0.05) is 53.5 Å². The van der Waals surface area contributed by atoms with Crippen LogP contribution in [0.25, 0.3) is 22.3 Å². The van der Waals surface area contributed by atoms with Gasteiger partial charge in [-0.15, -0.1) is 0 Å². The van der Waals surface area contributed by atoms with Crippen molar-refractivity contribution in [2.75, 3.05) is 0 Å². The molecule has 30 heavy (non-hydrogen) atoms. The lowest BCUT2D eigenvalue weighted by Crippen LogP contribution is -2.55. The molecule has 8 rings (SSSR count). The van der Waals surface area contributed by atoms with E-state index in [0.29, 0.717) is 0 Å². The summed E-state index contributed by atoms with van der Waals surface area (Å²) in [6.45, 7) is 0. The molecule has 5 aliphatic carbocycles. The number of rotatable bonds is 1. The fourth-order valence-corrected chi connectivity index (χ4v) is 8.29. The summed E-state index contributed by atoms with van der Waals surface area (Å²) >= 11 is 12.7. The van der Waals surface area contributed by atoms with Crippen LogP contribution in [0.3, 0.4) is 0 Å². The topological polar surface area (TPSA) is 0 Å². The van der Waals surface area contributed by atoms with E-state index in [0.717, 1.165) is 33.7 Å². The molecule has 0 saturated heterocycles. The quantitative estimate of drug-likeness (QED) is 0.363. The summed E-state index contributed by atoms with van der Waals surface area (Å²) in [5.41, 5.74) is 8.66. The van der Waals surface area contributed by atoms with Crippen molar-refractivity contribution in [1.29, 1.82) is 0 Å². The number of halogens is 2. The summed E-state index contributed by atoms with van der Waals surface area (Å²) in [5.74, 6) is 3.41. The fourth-order valence-electron chi connectivity index (χ4n) is 7.99. The Morgan fingerprint density at radius 3 is 1.77 bits per heavy atom. The van der Waals surface area contributed by atoms with E-state index in [1.54, 1.807) is 5.56 Å². The van der Waals surface area contributed by atoms with Crippen molar-refractivity contribution < 1.29 is 0 Å². The molecule has 0 atom stereocenters. The molecular formula is C28H24Cl2. The van der Waals surface area contributed by atoms with E-state index in [1.807, 2.05) is 12.1 Å². The van der Waals surface area contributed by atoms with E-state index in [4.69, 9.17) is 23.2 Å². The van der Waals surface area contributed by atoms with Crippen LogP contribution in [0.5, 0.6) is 0 Å². The Bertz CT molecular complexity index is 1150. The van der Waals surface area contributed by atoms with Gasteiger partial charge in [0.25, 0.3) is 0 Å². The molecule has 150 valence electrons. The van der Waals surface area contributed by atoms with Gasteiger partial charge in [0, 0.05) is 15.5 Å². The van der Waals surface area contributed by atoms with Crippen LogP contribution < -0.4 is 0 Å². The van der Waals surface area contributed by atoms with Crippen molar-refractivity contribution in [1.82, 2.24) is 0 Å². The molecule has 0 nitrogen and oxygen atoms in total. The number of hydrogen-bond donors (Lipinski definition) is 0. The van der Waals surface area contributed by atoms with Crippen LogP contribution in [0.15, 0.2) is 60.7 Å². The van der Waals surface area contributed by atoms with Crippen LogP contribution in [-0.2, 0) is 5.41 Å². The van der Waals surface area contributed by atoms with Crippen LogP contribution >= 0.6 is 23.2 Å². The first kappa shape index (κ1) is 17.9. The van der Waals surface area contributed by atoms with E-state index in [-0.39, 0.29) is 5.41 Å². The van der Waals surface area contributed by atoms with Gasteiger partial charge in [0.15, 0.2) is 0 Å². The lowest BCUT2D eigenvalue weighted by molar-refractivity contribution is -0.0399. The molecular weight excluding hydrogens is 407 g/mol. The predicted molar refractivity (Wildman–Crippen MR) is 125 cm³/mol. The Hall–Kier alpha value is -1.76. The van der Waals surface area contributed by atoms with Gasteiger partial charge in [-0.05, 0) is 119 Å². The third-order valence-electron chi connectivity index (χ3n) is 8.79. The highest BCUT2D eigenvalue weighted by Gasteiger charge is 2.61. The maximum absolute atomic E-state index is 6.59. The first-order valence-corrected chi connectivity index (χ1v) is 12.1. The minimum atomic E-state index is 0.158. The fraction of sp³-hybridized carbons (Fsp3) is 0.357. The molecule has 3 aromatic carbocycles. The largest absolute Gasteiger partial charge is 0.0843 e. The molecule has 1 spiro atoms. The highest BCUT2D eigenvalue weighted by atomic mass is 35.5. The maximum Gasteiger partial charge on any atom is 0.0409 e. The van der Waals surface area contributed by atoms with E-state index >= 15 is 0 Å². The van der Waals surface area contributed by atoms with E-state index in [9.17, 15) is 0 Å². The van der Waals surface area contributed by atoms with Gasteiger partial charge in [-0.3, -0.25) is 0 Å². The Balaban J connectivity index is 1.49. The monoisotopic (exact) mass is 430 g/mol. The zero-order valence-corrected chi connectivity index (χ0v) is 18.4. The Labute approximate surface area is 188 Å². The minimum Gasteiger partial charge on any atom is -0.0843 e. The lowest BCUT2D eigenvalue weighted by Gasteiger charge is -2.61. The van der Waals surface area contributed by atoms with Crippen molar-refractivity contribution in [3.63, 3.8) is 0 Å². The van der Waals surface area contributed by atoms with Crippen molar-refractivity contribution >= 4 is 23.2 Å². The van der Waals surface area contributed by atoms with Gasteiger partial charge >= 0.3 is 0 Å². The van der Waals surface area contributed by atoms with Crippen LogP contribution in [-0.4, -0.2) is 0 Å². The standard InChI is InChI=1S/C28H24Cl2/c29-22-4-1-18(2-5-22)19-3-7-24-25-8-6-23(30)15-27(25)28(26(24)14-19)20-10-16-9-17(12-20)13-21(28)11-16/h1-8,14-17,20-21H,9-13H2. The average Bonchev–Trinajstić information content (AvgIpc) is 3.01. The van der Waals surface area contributed by atoms with E-state index < -0.39 is 0 Å². The Morgan fingerprint density at radius 2 is 1.10 bits per heavy atom. The van der Waals surface area contributed by atoms with Crippen molar-refractivity contribution in [3.05, 3.63) is 81.8 Å². The third kappa shape index (κ3) is 2.25. The summed E-state index contributed by atoms with van der Waals surface area (Å²) in [4.78, 5) is 0. The van der Waals surface area contributed by atoms with Crippen LogP contribution in [0.2, 0.25) is 10.0 Å². The zero-order valence-electron chi connectivity index (χ0n) is 16.9. The SMILES string of the molecule is Clc1ccc(-c2ccc3c(c2)C2(c4cc(Cl)ccc4-3)C3CC4CC(C3)CC2C4)cc1. The molecule has 0 N–H and O–H groups in total. The smallest absolute Gasteiger partial charge is 0.0409 e. The number of fused-ring (bicyclic) bond motifs is 3. The van der Waals surface area contributed by atoms with Gasteiger partial charge in [0.2, 0.25) is 0 Å². The van der Waals surface area contributed by atoms with Gasteiger partial charge in [0.05, 0.1) is 0 Å². The second kappa shape index (κ2) is 6.15. The minimum absolute atomic E-state index is 0.158. The summed E-state index contributed by atoms with van der Waals surface area (Å²) in [6.07, 6.45) is 7.05. The molecule has 0 unspecified atom stereocenters. The van der Waals surface area contributed by atoms with E-state index in [2.05, 4.69) is 48.5 Å². The second-order valence-electron chi connectivity index (χ2n) is 10.1. The first-order valence-electron chi connectivity index (χ1n) is 11.3. The molecule has 2 heteroatoms. The highest BCUT2D eigenvalue weighted by molar-refractivity contribution is 6.31. The van der Waals surface area contributed by atoms with Crippen LogP contribution in [0, 0.1) is 23.7 Å². The molecule has 0 radical (unpaired) electrons. The summed E-state index contributed by atoms with van der Waals surface area (Å²) in [6, 6.07) is 22.1. The second-order valence-corrected chi connectivity index (χ2v) is 11.0. The van der Waals surface area contributed by atoms with Crippen molar-refractivity contribution in [2.24, 2.45) is 23.7 Å². The summed E-state index contributed by atoms with van der Waals surface area (Å²) < 4.78 is 0. The maximum atomic E-state index is 6.59. The molecule has 3 aromatic rings. The molecule has 0 aliphatic heterocycles.